The molecule has 0 spiro atoms. The summed E-state index contributed by atoms with van der Waals surface area (Å²) in [4.78, 5) is 28.2. The van der Waals surface area contributed by atoms with Crippen molar-refractivity contribution >= 4 is 11.8 Å². The van der Waals surface area contributed by atoms with Crippen molar-refractivity contribution in [1.82, 2.24) is 15.5 Å². The number of nitrogens with zero attached hydrogens (tertiary/aromatic N) is 1. The van der Waals surface area contributed by atoms with Crippen molar-refractivity contribution in [2.45, 2.75) is 45.7 Å². The Kier molecular flexibility index (Phi) is 8.28. The summed E-state index contributed by atoms with van der Waals surface area (Å²) in [6, 6.07) is 14.8. The van der Waals surface area contributed by atoms with Crippen molar-refractivity contribution in [2.75, 3.05) is 26.7 Å². The van der Waals surface area contributed by atoms with Crippen LogP contribution >= 0.6 is 0 Å². The lowest BCUT2D eigenvalue weighted by atomic mass is 10.0. The number of para-hydroxylation sites is 1. The second-order valence-electron chi connectivity index (χ2n) is 8.81. The van der Waals surface area contributed by atoms with E-state index in [0.29, 0.717) is 12.1 Å². The molecule has 1 aliphatic rings. The highest BCUT2D eigenvalue weighted by Gasteiger charge is 2.29. The molecule has 0 aromatic heterocycles. The standard InChI is InChI=1S/C26H35N3O3/c1-18(2)24(28-25(30)20-13-11-19(3)12-14-20)26(31)27-17-22(29-15-7-8-16-29)21-9-5-6-10-23(21)32-4/h5-6,9-14,18,22,24H,7-8,15-17H2,1-4H3,(H,27,31)(H,28,30)/t22-,24+/m1/s1. The molecule has 1 aliphatic heterocycles. The number of carbonyl (C=O) groups excluding carboxylic acids is 2. The summed E-state index contributed by atoms with van der Waals surface area (Å²) >= 11 is 0. The first-order valence-electron chi connectivity index (χ1n) is 11.4. The number of rotatable bonds is 9. The lowest BCUT2D eigenvalue weighted by Gasteiger charge is -2.30. The van der Waals surface area contributed by atoms with Gasteiger partial charge in [0.15, 0.2) is 0 Å². The van der Waals surface area contributed by atoms with Crippen molar-refractivity contribution < 1.29 is 14.3 Å². The molecule has 0 radical (unpaired) electrons. The van der Waals surface area contributed by atoms with Gasteiger partial charge in [0.05, 0.1) is 13.2 Å². The summed E-state index contributed by atoms with van der Waals surface area (Å²) in [6.07, 6.45) is 2.31. The summed E-state index contributed by atoms with van der Waals surface area (Å²) in [5, 5.41) is 6.02. The highest BCUT2D eigenvalue weighted by atomic mass is 16.5. The van der Waals surface area contributed by atoms with Crippen LogP contribution < -0.4 is 15.4 Å². The molecule has 3 rings (SSSR count). The second-order valence-corrected chi connectivity index (χ2v) is 8.81. The molecule has 172 valence electrons. The van der Waals surface area contributed by atoms with Crippen LogP contribution in [0.3, 0.4) is 0 Å². The zero-order valence-electron chi connectivity index (χ0n) is 19.6. The molecule has 32 heavy (non-hydrogen) atoms. The van der Waals surface area contributed by atoms with Gasteiger partial charge in [-0.1, -0.05) is 49.7 Å². The number of hydrogen-bond acceptors (Lipinski definition) is 4. The van der Waals surface area contributed by atoms with Crippen LogP contribution in [0.15, 0.2) is 48.5 Å². The number of methoxy groups -OCH3 is 1. The Labute approximate surface area is 191 Å². The zero-order valence-corrected chi connectivity index (χ0v) is 19.6. The molecule has 2 aromatic rings. The summed E-state index contributed by atoms with van der Waals surface area (Å²) in [7, 11) is 1.67. The van der Waals surface area contributed by atoms with E-state index in [1.807, 2.05) is 51.1 Å². The fraction of sp³-hybridized carbons (Fsp3) is 0.462. The van der Waals surface area contributed by atoms with Crippen molar-refractivity contribution in [2.24, 2.45) is 5.92 Å². The number of benzene rings is 2. The van der Waals surface area contributed by atoms with Crippen molar-refractivity contribution in [3.05, 3.63) is 65.2 Å². The average molecular weight is 438 g/mol. The van der Waals surface area contributed by atoms with Crippen LogP contribution in [0.4, 0.5) is 0 Å². The Balaban J connectivity index is 1.71. The molecule has 6 heteroatoms. The van der Waals surface area contributed by atoms with Crippen LogP contribution in [0.2, 0.25) is 0 Å². The van der Waals surface area contributed by atoms with Crippen molar-refractivity contribution in [3.8, 4) is 5.75 Å². The molecule has 2 aromatic carbocycles. The van der Waals surface area contributed by atoms with Gasteiger partial charge in [0.25, 0.3) is 5.91 Å². The van der Waals surface area contributed by atoms with Gasteiger partial charge in [0, 0.05) is 17.7 Å². The van der Waals surface area contributed by atoms with E-state index in [2.05, 4.69) is 21.6 Å². The van der Waals surface area contributed by atoms with E-state index in [1.54, 1.807) is 19.2 Å². The van der Waals surface area contributed by atoms with Gasteiger partial charge in [0.1, 0.15) is 11.8 Å². The van der Waals surface area contributed by atoms with E-state index in [-0.39, 0.29) is 23.8 Å². The third-order valence-corrected chi connectivity index (χ3v) is 6.10. The molecule has 2 atom stereocenters. The minimum atomic E-state index is -0.610. The monoisotopic (exact) mass is 437 g/mol. The fourth-order valence-electron chi connectivity index (χ4n) is 4.20. The van der Waals surface area contributed by atoms with Gasteiger partial charge >= 0.3 is 0 Å². The minimum Gasteiger partial charge on any atom is -0.496 e. The highest BCUT2D eigenvalue weighted by Crippen LogP contribution is 2.31. The maximum atomic E-state index is 13.1. The van der Waals surface area contributed by atoms with Crippen LogP contribution in [0.1, 0.15) is 54.2 Å². The SMILES string of the molecule is COc1ccccc1[C@@H](CNC(=O)[C@@H](NC(=O)c1ccc(C)cc1)C(C)C)N1CCCC1. The second kappa shape index (κ2) is 11.1. The number of aryl methyl sites for hydroxylation is 1. The quantitative estimate of drug-likeness (QED) is 0.627. The number of amides is 2. The molecule has 1 saturated heterocycles. The summed E-state index contributed by atoms with van der Waals surface area (Å²) < 4.78 is 5.59. The third-order valence-electron chi connectivity index (χ3n) is 6.10. The first-order valence-corrected chi connectivity index (χ1v) is 11.4. The highest BCUT2D eigenvalue weighted by molar-refractivity contribution is 5.97. The molecule has 1 fully saturated rings. The van der Waals surface area contributed by atoms with E-state index in [1.165, 1.54) is 0 Å². The minimum absolute atomic E-state index is 0.0261. The van der Waals surface area contributed by atoms with Crippen LogP contribution in [-0.4, -0.2) is 49.5 Å². The van der Waals surface area contributed by atoms with Gasteiger partial charge in [-0.2, -0.15) is 0 Å². The topological polar surface area (TPSA) is 70.7 Å². The molecule has 0 aliphatic carbocycles. The smallest absolute Gasteiger partial charge is 0.251 e. The van der Waals surface area contributed by atoms with Gasteiger partial charge in [-0.15, -0.1) is 0 Å². The molecular formula is C26H35N3O3. The summed E-state index contributed by atoms with van der Waals surface area (Å²) in [5.41, 5.74) is 2.71. The van der Waals surface area contributed by atoms with Crippen LogP contribution in [-0.2, 0) is 4.79 Å². The Morgan fingerprint density at radius 1 is 1.03 bits per heavy atom. The molecule has 0 bridgehead atoms. The average Bonchev–Trinajstić information content (AvgIpc) is 3.32. The summed E-state index contributed by atoms with van der Waals surface area (Å²) in [6.45, 7) is 8.32. The molecular weight excluding hydrogens is 402 g/mol. The van der Waals surface area contributed by atoms with E-state index < -0.39 is 6.04 Å². The lowest BCUT2D eigenvalue weighted by molar-refractivity contribution is -0.124. The van der Waals surface area contributed by atoms with E-state index in [0.717, 1.165) is 42.8 Å². The normalized spacial score (nSPS) is 15.9. The van der Waals surface area contributed by atoms with Crippen molar-refractivity contribution in [1.29, 1.82) is 0 Å². The summed E-state index contributed by atoms with van der Waals surface area (Å²) in [5.74, 6) is 0.381. The number of hydrogen-bond donors (Lipinski definition) is 2. The van der Waals surface area contributed by atoms with Gasteiger partial charge in [-0.3, -0.25) is 14.5 Å². The lowest BCUT2D eigenvalue weighted by Crippen LogP contribution is -2.51. The number of nitrogens with one attached hydrogen (secondary N) is 2. The molecule has 2 amide bonds. The van der Waals surface area contributed by atoms with Gasteiger partial charge in [-0.05, 0) is 57.0 Å². The van der Waals surface area contributed by atoms with Gasteiger partial charge in [0.2, 0.25) is 5.91 Å². The van der Waals surface area contributed by atoms with Crippen molar-refractivity contribution in [3.63, 3.8) is 0 Å². The van der Waals surface area contributed by atoms with Gasteiger partial charge in [-0.25, -0.2) is 0 Å². The van der Waals surface area contributed by atoms with Crippen LogP contribution in [0.25, 0.3) is 0 Å². The van der Waals surface area contributed by atoms with Gasteiger partial charge < -0.3 is 15.4 Å². The Morgan fingerprint density at radius 2 is 1.69 bits per heavy atom. The van der Waals surface area contributed by atoms with E-state index in [9.17, 15) is 9.59 Å². The maximum absolute atomic E-state index is 13.1. The molecule has 1 heterocycles. The zero-order chi connectivity index (χ0) is 23.1. The first-order chi connectivity index (χ1) is 15.4. The molecule has 6 nitrogen and oxygen atoms in total. The predicted molar refractivity (Wildman–Crippen MR) is 127 cm³/mol. The fourth-order valence-corrected chi connectivity index (χ4v) is 4.20. The Hall–Kier alpha value is -2.86. The van der Waals surface area contributed by atoms with E-state index in [4.69, 9.17) is 4.74 Å². The molecule has 2 N–H and O–H groups in total. The third kappa shape index (κ3) is 5.88. The Bertz CT molecular complexity index is 905. The number of carbonyl (C=O) groups is 2. The number of ether oxygens (including phenoxy) is 1. The van der Waals surface area contributed by atoms with Crippen LogP contribution in [0, 0.1) is 12.8 Å². The molecule has 0 saturated carbocycles. The largest absolute Gasteiger partial charge is 0.496 e. The van der Waals surface area contributed by atoms with Crippen LogP contribution in [0.5, 0.6) is 5.75 Å². The molecule has 0 unspecified atom stereocenters. The predicted octanol–water partition coefficient (Wildman–Crippen LogP) is 3.71. The Morgan fingerprint density at radius 3 is 2.31 bits per heavy atom. The first kappa shape index (κ1) is 23.8. The van der Waals surface area contributed by atoms with E-state index >= 15 is 0 Å². The maximum Gasteiger partial charge on any atom is 0.251 e. The number of likely N-dealkylation sites (tertiary alicyclic amines) is 1.